The number of carbonyl (C=O) groups is 2. The van der Waals surface area contributed by atoms with Crippen molar-refractivity contribution in [3.63, 3.8) is 0 Å². The van der Waals surface area contributed by atoms with E-state index in [4.69, 9.17) is 70.1 Å². The molecule has 0 saturated carbocycles. The van der Waals surface area contributed by atoms with E-state index in [-0.39, 0.29) is 58.4 Å². The molecule has 0 radical (unpaired) electrons. The molecule has 1 aliphatic rings. The quantitative estimate of drug-likeness (QED) is 0.135. The molecular formula is C36H34Cl4N2O8. The summed E-state index contributed by atoms with van der Waals surface area (Å²) in [4.78, 5) is 28.9. The summed E-state index contributed by atoms with van der Waals surface area (Å²) in [5, 5.41) is 15.3. The van der Waals surface area contributed by atoms with E-state index in [9.17, 15) is 14.7 Å². The van der Waals surface area contributed by atoms with Gasteiger partial charge in [0.25, 0.3) is 11.8 Å². The molecule has 2 unspecified atom stereocenters. The van der Waals surface area contributed by atoms with Gasteiger partial charge in [0.2, 0.25) is 6.79 Å². The monoisotopic (exact) mass is 762 g/mol. The molecule has 50 heavy (non-hydrogen) atoms. The van der Waals surface area contributed by atoms with Gasteiger partial charge in [-0.2, -0.15) is 0 Å². The number of methoxy groups -OCH3 is 2. The van der Waals surface area contributed by atoms with Gasteiger partial charge in [-0.15, -0.1) is 0 Å². The molecule has 2 amide bonds. The van der Waals surface area contributed by atoms with Crippen LogP contribution in [0.2, 0.25) is 20.1 Å². The summed E-state index contributed by atoms with van der Waals surface area (Å²) in [6.07, 6.45) is -0.578. The maximum absolute atomic E-state index is 13.8. The standard InChI is InChI=1S/C36H34Cl4N2O8/c1-46-30-11-9-24(33(40)35(30)47-2)36(45)41-27(14-21-6-4-3-5-7-21)28(43)18-42(13-12-22-8-10-29-31(15-22)50-20-49-29)32(44)19-48-34-25(38)16-23(37)17-26(34)39/h3-11,15-17,27-28,43H,12-14,18-20H2,1-2H3,(H,41,45). The summed E-state index contributed by atoms with van der Waals surface area (Å²) in [6, 6.07) is 20.0. The molecular weight excluding hydrogens is 730 g/mol. The maximum atomic E-state index is 13.8. The first kappa shape index (κ1) is 37.2. The van der Waals surface area contributed by atoms with Crippen molar-refractivity contribution < 1.29 is 38.4 Å². The largest absolute Gasteiger partial charge is 0.493 e. The molecule has 264 valence electrons. The molecule has 0 fully saturated rings. The van der Waals surface area contributed by atoms with Crippen molar-refractivity contribution in [2.24, 2.45) is 0 Å². The molecule has 2 atom stereocenters. The molecule has 0 aromatic heterocycles. The highest BCUT2D eigenvalue weighted by Gasteiger charge is 2.29. The van der Waals surface area contributed by atoms with Crippen molar-refractivity contribution in [2.45, 2.75) is 25.0 Å². The third kappa shape index (κ3) is 9.18. The van der Waals surface area contributed by atoms with E-state index in [1.54, 1.807) is 12.1 Å². The van der Waals surface area contributed by atoms with Crippen molar-refractivity contribution in [1.82, 2.24) is 10.2 Å². The van der Waals surface area contributed by atoms with E-state index >= 15 is 0 Å². The van der Waals surface area contributed by atoms with Crippen molar-refractivity contribution in [3.8, 4) is 28.7 Å². The first-order valence-electron chi connectivity index (χ1n) is 15.4. The number of carbonyl (C=O) groups excluding carboxylic acids is 2. The Kier molecular flexibility index (Phi) is 12.8. The van der Waals surface area contributed by atoms with E-state index in [0.29, 0.717) is 28.7 Å². The number of amides is 2. The lowest BCUT2D eigenvalue weighted by Gasteiger charge is -2.31. The maximum Gasteiger partial charge on any atom is 0.260 e. The molecule has 1 heterocycles. The molecule has 0 spiro atoms. The highest BCUT2D eigenvalue weighted by molar-refractivity contribution is 6.40. The number of aliphatic hydroxyl groups is 1. The number of nitrogens with zero attached hydrogens (tertiary/aromatic N) is 1. The third-order valence-corrected chi connectivity index (χ3v) is 9.13. The van der Waals surface area contributed by atoms with E-state index < -0.39 is 30.6 Å². The Hall–Kier alpha value is -4.06. The van der Waals surface area contributed by atoms with Gasteiger partial charge in [0, 0.05) is 18.1 Å². The van der Waals surface area contributed by atoms with Gasteiger partial charge < -0.3 is 39.0 Å². The van der Waals surface area contributed by atoms with Crippen molar-refractivity contribution in [1.29, 1.82) is 0 Å². The summed E-state index contributed by atoms with van der Waals surface area (Å²) in [5.74, 6) is 0.886. The first-order chi connectivity index (χ1) is 24.1. The fraction of sp³-hybridized carbons (Fsp3) is 0.278. The Morgan fingerprint density at radius 2 is 1.60 bits per heavy atom. The topological polar surface area (TPSA) is 116 Å². The molecule has 4 aromatic carbocycles. The third-order valence-electron chi connectivity index (χ3n) is 7.98. The van der Waals surface area contributed by atoms with Gasteiger partial charge >= 0.3 is 0 Å². The van der Waals surface area contributed by atoms with Crippen LogP contribution >= 0.6 is 46.4 Å². The Morgan fingerprint density at radius 3 is 2.30 bits per heavy atom. The second kappa shape index (κ2) is 17.2. The molecule has 0 saturated heterocycles. The molecule has 0 aliphatic carbocycles. The second-order valence-corrected chi connectivity index (χ2v) is 12.9. The highest BCUT2D eigenvalue weighted by Crippen LogP contribution is 2.38. The fourth-order valence-corrected chi connectivity index (χ4v) is 6.63. The molecule has 1 aliphatic heterocycles. The number of benzene rings is 4. The van der Waals surface area contributed by atoms with E-state index in [0.717, 1.165) is 11.1 Å². The zero-order valence-electron chi connectivity index (χ0n) is 27.1. The normalized spacial score (nSPS) is 12.9. The molecule has 5 rings (SSSR count). The predicted molar refractivity (Wildman–Crippen MR) is 192 cm³/mol. The number of hydrogen-bond donors (Lipinski definition) is 2. The predicted octanol–water partition coefficient (Wildman–Crippen LogP) is 6.90. The number of fused-ring (bicyclic) bond motifs is 1. The fourth-order valence-electron chi connectivity index (χ4n) is 5.39. The Balaban J connectivity index is 1.38. The lowest BCUT2D eigenvalue weighted by Crippen LogP contribution is -2.51. The number of aliphatic hydroxyl groups excluding tert-OH is 1. The van der Waals surface area contributed by atoms with Gasteiger partial charge in [0.15, 0.2) is 35.4 Å². The van der Waals surface area contributed by atoms with Crippen molar-refractivity contribution in [2.75, 3.05) is 40.7 Å². The highest BCUT2D eigenvalue weighted by atomic mass is 35.5. The van der Waals surface area contributed by atoms with Crippen LogP contribution in [-0.2, 0) is 17.6 Å². The summed E-state index contributed by atoms with van der Waals surface area (Å²) < 4.78 is 27.3. The summed E-state index contributed by atoms with van der Waals surface area (Å²) in [5.41, 5.74) is 1.85. The molecule has 14 heteroatoms. The van der Waals surface area contributed by atoms with Crippen LogP contribution in [0.3, 0.4) is 0 Å². The average molecular weight is 764 g/mol. The average Bonchev–Trinajstić information content (AvgIpc) is 3.57. The lowest BCUT2D eigenvalue weighted by atomic mass is 9.99. The van der Waals surface area contributed by atoms with Crippen LogP contribution < -0.4 is 29.0 Å². The zero-order valence-corrected chi connectivity index (χ0v) is 30.1. The van der Waals surface area contributed by atoms with Gasteiger partial charge in [-0.3, -0.25) is 9.59 Å². The van der Waals surface area contributed by atoms with E-state index in [1.165, 1.54) is 37.3 Å². The Bertz CT molecular complexity index is 1800. The first-order valence-corrected chi connectivity index (χ1v) is 17.0. The van der Waals surface area contributed by atoms with Crippen LogP contribution in [0.1, 0.15) is 21.5 Å². The minimum atomic E-state index is -1.23. The van der Waals surface area contributed by atoms with Crippen LogP contribution in [-0.4, -0.2) is 74.7 Å². The van der Waals surface area contributed by atoms with Gasteiger partial charge in [-0.05, 0) is 60.4 Å². The summed E-state index contributed by atoms with van der Waals surface area (Å²) >= 11 is 25.2. The van der Waals surface area contributed by atoms with Crippen LogP contribution in [0.25, 0.3) is 0 Å². The van der Waals surface area contributed by atoms with Gasteiger partial charge in [-0.1, -0.05) is 82.8 Å². The zero-order chi connectivity index (χ0) is 35.8. The van der Waals surface area contributed by atoms with Crippen LogP contribution in [0, 0.1) is 0 Å². The van der Waals surface area contributed by atoms with Crippen LogP contribution in [0.5, 0.6) is 28.7 Å². The van der Waals surface area contributed by atoms with E-state index in [2.05, 4.69) is 5.32 Å². The Labute approximate surface area is 309 Å². The Morgan fingerprint density at radius 1 is 0.880 bits per heavy atom. The molecule has 10 nitrogen and oxygen atoms in total. The van der Waals surface area contributed by atoms with Crippen molar-refractivity contribution in [3.05, 3.63) is 110 Å². The second-order valence-electron chi connectivity index (χ2n) is 11.3. The number of halogens is 4. The SMILES string of the molecule is COc1ccc(C(=O)NC(Cc2ccccc2)C(O)CN(CCc2ccc3c(c2)OCO3)C(=O)COc2c(Cl)cc(Cl)cc2Cl)c(Cl)c1OC. The number of ether oxygens (including phenoxy) is 5. The minimum absolute atomic E-state index is 0.0505. The van der Waals surface area contributed by atoms with E-state index in [1.807, 2.05) is 42.5 Å². The molecule has 4 aromatic rings. The van der Waals surface area contributed by atoms with Gasteiger partial charge in [0.1, 0.15) is 0 Å². The van der Waals surface area contributed by atoms with Crippen molar-refractivity contribution >= 4 is 58.2 Å². The summed E-state index contributed by atoms with van der Waals surface area (Å²) in [6.45, 7) is -0.279. The molecule has 0 bridgehead atoms. The smallest absolute Gasteiger partial charge is 0.260 e. The van der Waals surface area contributed by atoms with Gasteiger partial charge in [0.05, 0.1) is 47.0 Å². The number of nitrogens with one attached hydrogen (secondary N) is 1. The number of hydrogen-bond acceptors (Lipinski definition) is 8. The van der Waals surface area contributed by atoms with Crippen LogP contribution in [0.15, 0.2) is 72.8 Å². The summed E-state index contributed by atoms with van der Waals surface area (Å²) in [7, 11) is 2.88. The number of rotatable bonds is 15. The van der Waals surface area contributed by atoms with Gasteiger partial charge in [-0.25, -0.2) is 0 Å². The minimum Gasteiger partial charge on any atom is -0.493 e. The molecule has 2 N–H and O–H groups in total. The van der Waals surface area contributed by atoms with Crippen LogP contribution in [0.4, 0.5) is 0 Å². The lowest BCUT2D eigenvalue weighted by molar-refractivity contribution is -0.135.